The first kappa shape index (κ1) is 13.9. The third kappa shape index (κ3) is 3.48. The highest BCUT2D eigenvalue weighted by molar-refractivity contribution is 6.05. The number of carbonyl (C=O) groups is 1. The summed E-state index contributed by atoms with van der Waals surface area (Å²) in [6, 6.07) is 11.5. The summed E-state index contributed by atoms with van der Waals surface area (Å²) in [5.41, 5.74) is 2.43. The van der Waals surface area contributed by atoms with Gasteiger partial charge in [-0.3, -0.25) is 4.79 Å². The summed E-state index contributed by atoms with van der Waals surface area (Å²) in [6.07, 6.45) is 4.04. The van der Waals surface area contributed by atoms with Crippen LogP contribution in [0, 0.1) is 17.2 Å². The second-order valence-corrected chi connectivity index (χ2v) is 4.78. The SMILES string of the molecule is CC(CC#N)C1=CC(C(=O)Nc2ccccc2)=CNC1. The first-order valence-corrected chi connectivity index (χ1v) is 6.58. The lowest BCUT2D eigenvalue weighted by atomic mass is 9.94. The number of amides is 1. The maximum atomic E-state index is 12.2. The number of para-hydroxylation sites is 1. The van der Waals surface area contributed by atoms with Crippen LogP contribution in [0.3, 0.4) is 0 Å². The largest absolute Gasteiger partial charge is 0.386 e. The Morgan fingerprint density at radius 2 is 2.20 bits per heavy atom. The molecule has 0 saturated carbocycles. The Morgan fingerprint density at radius 1 is 1.45 bits per heavy atom. The van der Waals surface area contributed by atoms with Crippen LogP contribution >= 0.6 is 0 Å². The molecule has 1 aliphatic heterocycles. The number of benzene rings is 1. The molecule has 1 aromatic rings. The third-order valence-corrected chi connectivity index (χ3v) is 3.23. The number of nitrogens with one attached hydrogen (secondary N) is 2. The van der Waals surface area contributed by atoms with E-state index < -0.39 is 0 Å². The first-order chi connectivity index (χ1) is 9.70. The summed E-state index contributed by atoms with van der Waals surface area (Å²) in [5.74, 6) is 0.00535. The second-order valence-electron chi connectivity index (χ2n) is 4.78. The lowest BCUT2D eigenvalue weighted by molar-refractivity contribution is -0.112. The minimum absolute atomic E-state index is 0.148. The van der Waals surface area contributed by atoms with Crippen molar-refractivity contribution < 1.29 is 4.79 Å². The van der Waals surface area contributed by atoms with Crippen molar-refractivity contribution >= 4 is 11.6 Å². The van der Waals surface area contributed by atoms with Crippen LogP contribution in [0.5, 0.6) is 0 Å². The molecule has 102 valence electrons. The van der Waals surface area contributed by atoms with Gasteiger partial charge in [0.05, 0.1) is 11.6 Å². The van der Waals surface area contributed by atoms with E-state index in [0.717, 1.165) is 11.3 Å². The lowest BCUT2D eigenvalue weighted by Gasteiger charge is -2.19. The van der Waals surface area contributed by atoms with Crippen LogP contribution in [0.2, 0.25) is 0 Å². The average Bonchev–Trinajstić information content (AvgIpc) is 2.48. The highest BCUT2D eigenvalue weighted by atomic mass is 16.1. The quantitative estimate of drug-likeness (QED) is 0.881. The molecule has 4 heteroatoms. The predicted molar refractivity (Wildman–Crippen MR) is 78.6 cm³/mol. The van der Waals surface area contributed by atoms with Crippen LogP contribution in [0.1, 0.15) is 13.3 Å². The minimum Gasteiger partial charge on any atom is -0.386 e. The number of hydrogen-bond acceptors (Lipinski definition) is 3. The van der Waals surface area contributed by atoms with Crippen molar-refractivity contribution in [2.75, 3.05) is 11.9 Å². The Hall–Kier alpha value is -2.54. The molecule has 1 amide bonds. The summed E-state index contributed by atoms with van der Waals surface area (Å²) in [4.78, 5) is 12.2. The molecule has 2 rings (SSSR count). The van der Waals surface area contributed by atoms with Crippen molar-refractivity contribution in [1.29, 1.82) is 5.26 Å². The summed E-state index contributed by atoms with van der Waals surface area (Å²) in [7, 11) is 0. The molecule has 4 nitrogen and oxygen atoms in total. The van der Waals surface area contributed by atoms with E-state index >= 15 is 0 Å². The molecule has 0 radical (unpaired) electrons. The number of hydrogen-bond donors (Lipinski definition) is 2. The molecule has 0 bridgehead atoms. The van der Waals surface area contributed by atoms with E-state index in [4.69, 9.17) is 5.26 Å². The van der Waals surface area contributed by atoms with Crippen LogP contribution in [0.4, 0.5) is 5.69 Å². The number of rotatable bonds is 4. The molecule has 0 aliphatic carbocycles. The van der Waals surface area contributed by atoms with Crippen molar-refractivity contribution in [3.8, 4) is 6.07 Å². The number of nitriles is 1. The molecule has 0 spiro atoms. The van der Waals surface area contributed by atoms with Gasteiger partial charge in [0.15, 0.2) is 0 Å². The van der Waals surface area contributed by atoms with E-state index in [0.29, 0.717) is 18.5 Å². The van der Waals surface area contributed by atoms with Crippen LogP contribution in [-0.2, 0) is 4.79 Å². The average molecular weight is 267 g/mol. The molecule has 1 aromatic carbocycles. The molecule has 0 fully saturated rings. The monoisotopic (exact) mass is 267 g/mol. The fourth-order valence-corrected chi connectivity index (χ4v) is 2.01. The van der Waals surface area contributed by atoms with E-state index in [9.17, 15) is 4.79 Å². The van der Waals surface area contributed by atoms with Crippen molar-refractivity contribution in [1.82, 2.24) is 5.32 Å². The standard InChI is InChI=1S/C16H17N3O/c1-12(7-8-17)13-9-14(11-18-10-13)16(20)19-15-5-3-2-4-6-15/h2-6,9,11-12,18H,7,10H2,1H3,(H,19,20). The van der Waals surface area contributed by atoms with Crippen LogP contribution in [-0.4, -0.2) is 12.5 Å². The van der Waals surface area contributed by atoms with Gasteiger partial charge >= 0.3 is 0 Å². The van der Waals surface area contributed by atoms with Gasteiger partial charge in [0.2, 0.25) is 0 Å². The number of dihydropyridines is 1. The molecular formula is C16H17N3O. The molecule has 1 unspecified atom stereocenters. The van der Waals surface area contributed by atoms with Crippen molar-refractivity contribution in [3.63, 3.8) is 0 Å². The molecule has 1 aliphatic rings. The van der Waals surface area contributed by atoms with E-state index in [1.807, 2.05) is 43.3 Å². The van der Waals surface area contributed by atoms with Crippen LogP contribution in [0.25, 0.3) is 0 Å². The fraction of sp³-hybridized carbons (Fsp3) is 0.250. The zero-order chi connectivity index (χ0) is 14.4. The summed E-state index contributed by atoms with van der Waals surface area (Å²) in [5, 5.41) is 14.7. The van der Waals surface area contributed by atoms with E-state index in [-0.39, 0.29) is 11.8 Å². The predicted octanol–water partition coefficient (Wildman–Crippen LogP) is 2.59. The molecule has 2 N–H and O–H groups in total. The van der Waals surface area contributed by atoms with E-state index in [2.05, 4.69) is 16.7 Å². The van der Waals surface area contributed by atoms with Crippen molar-refractivity contribution in [3.05, 3.63) is 53.8 Å². The van der Waals surface area contributed by atoms with Gasteiger partial charge in [-0.1, -0.05) is 25.1 Å². The number of anilines is 1. The van der Waals surface area contributed by atoms with E-state index in [1.54, 1.807) is 6.20 Å². The van der Waals surface area contributed by atoms with Gasteiger partial charge in [0.1, 0.15) is 0 Å². The minimum atomic E-state index is -0.148. The van der Waals surface area contributed by atoms with Crippen LogP contribution in [0.15, 0.2) is 53.8 Å². The maximum absolute atomic E-state index is 12.2. The molecule has 1 atom stereocenters. The summed E-state index contributed by atoms with van der Waals surface area (Å²) < 4.78 is 0. The van der Waals surface area contributed by atoms with Gasteiger partial charge < -0.3 is 10.6 Å². The lowest BCUT2D eigenvalue weighted by Crippen LogP contribution is -2.24. The van der Waals surface area contributed by atoms with E-state index in [1.165, 1.54) is 0 Å². The summed E-state index contributed by atoms with van der Waals surface area (Å²) in [6.45, 7) is 2.68. The Bertz CT molecular complexity index is 581. The Balaban J connectivity index is 2.07. The van der Waals surface area contributed by atoms with Gasteiger partial charge in [-0.2, -0.15) is 5.26 Å². The zero-order valence-corrected chi connectivity index (χ0v) is 11.4. The Kier molecular flexibility index (Phi) is 4.56. The molecule has 0 saturated heterocycles. The molecular weight excluding hydrogens is 250 g/mol. The highest BCUT2D eigenvalue weighted by Crippen LogP contribution is 2.19. The van der Waals surface area contributed by atoms with Gasteiger partial charge in [-0.15, -0.1) is 0 Å². The van der Waals surface area contributed by atoms with Crippen molar-refractivity contribution in [2.24, 2.45) is 5.92 Å². The first-order valence-electron chi connectivity index (χ1n) is 6.58. The van der Waals surface area contributed by atoms with Gasteiger partial charge in [0, 0.05) is 24.9 Å². The maximum Gasteiger partial charge on any atom is 0.257 e. The number of nitrogens with zero attached hydrogens (tertiary/aromatic N) is 1. The van der Waals surface area contributed by atoms with Gasteiger partial charge in [-0.05, 0) is 29.7 Å². The Labute approximate surface area is 118 Å². The van der Waals surface area contributed by atoms with Crippen LogP contribution < -0.4 is 10.6 Å². The molecule has 20 heavy (non-hydrogen) atoms. The fourth-order valence-electron chi connectivity index (χ4n) is 2.01. The third-order valence-electron chi connectivity index (χ3n) is 3.23. The topological polar surface area (TPSA) is 64.9 Å². The molecule has 1 heterocycles. The van der Waals surface area contributed by atoms with Crippen molar-refractivity contribution in [2.45, 2.75) is 13.3 Å². The zero-order valence-electron chi connectivity index (χ0n) is 11.4. The molecule has 0 aromatic heterocycles. The second kappa shape index (κ2) is 6.58. The van der Waals surface area contributed by atoms with Gasteiger partial charge in [0.25, 0.3) is 5.91 Å². The Morgan fingerprint density at radius 3 is 2.90 bits per heavy atom. The summed E-state index contributed by atoms with van der Waals surface area (Å²) >= 11 is 0. The highest BCUT2D eigenvalue weighted by Gasteiger charge is 2.16. The normalized spacial score (nSPS) is 15.2. The van der Waals surface area contributed by atoms with Gasteiger partial charge in [-0.25, -0.2) is 0 Å². The number of carbonyl (C=O) groups excluding carboxylic acids is 1. The smallest absolute Gasteiger partial charge is 0.257 e.